The normalized spacial score (nSPS) is 24.3. The van der Waals surface area contributed by atoms with E-state index in [9.17, 15) is 4.79 Å². The number of hydrogen-bond donors (Lipinski definition) is 1. The molecule has 0 aromatic carbocycles. The minimum Gasteiger partial charge on any atom is -0.333 e. The van der Waals surface area contributed by atoms with E-state index in [1.54, 1.807) is 11.3 Å². The van der Waals surface area contributed by atoms with Crippen LogP contribution >= 0.6 is 11.3 Å². The van der Waals surface area contributed by atoms with E-state index in [-0.39, 0.29) is 11.9 Å². The molecule has 4 nitrogen and oxygen atoms in total. The smallest absolute Gasteiger partial charge is 0.266 e. The van der Waals surface area contributed by atoms with Gasteiger partial charge in [0.1, 0.15) is 4.88 Å². The maximum atomic E-state index is 12.7. The maximum absolute atomic E-state index is 12.7. The van der Waals surface area contributed by atoms with Crippen LogP contribution < -0.4 is 5.32 Å². The zero-order chi connectivity index (χ0) is 14.1. The molecule has 1 aliphatic heterocycles. The van der Waals surface area contributed by atoms with Crippen LogP contribution in [-0.4, -0.2) is 41.5 Å². The lowest BCUT2D eigenvalue weighted by atomic mass is 10.1. The van der Waals surface area contributed by atoms with E-state index >= 15 is 0 Å². The highest BCUT2D eigenvalue weighted by Gasteiger charge is 2.29. The number of rotatable bonds is 2. The Labute approximate surface area is 124 Å². The molecule has 1 N–H and O–H groups in total. The van der Waals surface area contributed by atoms with Crippen LogP contribution in [-0.2, 0) is 0 Å². The average molecular weight is 293 g/mol. The van der Waals surface area contributed by atoms with Gasteiger partial charge in [0, 0.05) is 31.6 Å². The third kappa shape index (κ3) is 2.61. The number of piperazine rings is 1. The molecular formula is C15H23N3OS. The molecule has 0 spiro atoms. The van der Waals surface area contributed by atoms with E-state index in [0.29, 0.717) is 5.92 Å². The fourth-order valence-electron chi connectivity index (χ4n) is 3.24. The fourth-order valence-corrected chi connectivity index (χ4v) is 4.43. The zero-order valence-electron chi connectivity index (χ0n) is 12.3. The van der Waals surface area contributed by atoms with Crippen LogP contribution in [0, 0.1) is 6.92 Å². The molecule has 2 aliphatic rings. The highest BCUT2D eigenvalue weighted by atomic mass is 32.1. The van der Waals surface area contributed by atoms with Gasteiger partial charge in [-0.15, -0.1) is 11.3 Å². The van der Waals surface area contributed by atoms with Crippen LogP contribution in [0.3, 0.4) is 0 Å². The number of nitrogens with zero attached hydrogens (tertiary/aromatic N) is 2. The van der Waals surface area contributed by atoms with Crippen LogP contribution in [0.1, 0.15) is 58.9 Å². The van der Waals surface area contributed by atoms with Gasteiger partial charge in [0.2, 0.25) is 0 Å². The first-order valence-electron chi connectivity index (χ1n) is 7.66. The molecule has 1 saturated heterocycles. The summed E-state index contributed by atoms with van der Waals surface area (Å²) >= 11 is 1.64. The Hall–Kier alpha value is -0.940. The summed E-state index contributed by atoms with van der Waals surface area (Å²) in [6.07, 6.45) is 5.10. The van der Waals surface area contributed by atoms with Crippen molar-refractivity contribution in [2.24, 2.45) is 0 Å². The van der Waals surface area contributed by atoms with Gasteiger partial charge in [0.05, 0.1) is 10.7 Å². The van der Waals surface area contributed by atoms with Crippen molar-refractivity contribution in [3.8, 4) is 0 Å². The molecule has 0 unspecified atom stereocenters. The SMILES string of the molecule is Cc1nc(C2CCCC2)sc1C(=O)N1CCNC[C@H]1C. The predicted molar refractivity (Wildman–Crippen MR) is 81.4 cm³/mol. The van der Waals surface area contributed by atoms with Crippen molar-refractivity contribution >= 4 is 17.2 Å². The highest BCUT2D eigenvalue weighted by molar-refractivity contribution is 7.13. The molecule has 0 bridgehead atoms. The number of aromatic nitrogens is 1. The minimum atomic E-state index is 0.179. The number of carbonyl (C=O) groups is 1. The fraction of sp³-hybridized carbons (Fsp3) is 0.733. The predicted octanol–water partition coefficient (Wildman–Crippen LogP) is 2.54. The highest BCUT2D eigenvalue weighted by Crippen LogP contribution is 2.37. The summed E-state index contributed by atoms with van der Waals surface area (Å²) in [4.78, 5) is 20.3. The Morgan fingerprint density at radius 1 is 1.40 bits per heavy atom. The third-order valence-electron chi connectivity index (χ3n) is 4.47. The third-order valence-corrected chi connectivity index (χ3v) is 5.78. The van der Waals surface area contributed by atoms with Gasteiger partial charge >= 0.3 is 0 Å². The molecule has 1 aliphatic carbocycles. The summed E-state index contributed by atoms with van der Waals surface area (Å²) in [6, 6.07) is 0.271. The molecule has 1 aromatic heterocycles. The van der Waals surface area contributed by atoms with Crippen LogP contribution in [0.15, 0.2) is 0 Å². The van der Waals surface area contributed by atoms with Crippen molar-refractivity contribution in [3.63, 3.8) is 0 Å². The Bertz CT molecular complexity index is 493. The van der Waals surface area contributed by atoms with Gasteiger partial charge in [-0.05, 0) is 26.7 Å². The van der Waals surface area contributed by atoms with Crippen LogP contribution in [0.2, 0.25) is 0 Å². The van der Waals surface area contributed by atoms with Crippen molar-refractivity contribution in [1.82, 2.24) is 15.2 Å². The lowest BCUT2D eigenvalue weighted by Gasteiger charge is -2.33. The zero-order valence-corrected chi connectivity index (χ0v) is 13.1. The van der Waals surface area contributed by atoms with E-state index in [1.165, 1.54) is 30.7 Å². The second kappa shape index (κ2) is 5.82. The van der Waals surface area contributed by atoms with Crippen molar-refractivity contribution in [1.29, 1.82) is 0 Å². The Balaban J connectivity index is 1.80. The van der Waals surface area contributed by atoms with E-state index < -0.39 is 0 Å². The van der Waals surface area contributed by atoms with E-state index in [4.69, 9.17) is 0 Å². The first kappa shape index (κ1) is 14.0. The topological polar surface area (TPSA) is 45.2 Å². The Morgan fingerprint density at radius 3 is 2.85 bits per heavy atom. The summed E-state index contributed by atoms with van der Waals surface area (Å²) < 4.78 is 0. The van der Waals surface area contributed by atoms with Gasteiger partial charge in [-0.2, -0.15) is 0 Å². The monoisotopic (exact) mass is 293 g/mol. The molecule has 2 fully saturated rings. The summed E-state index contributed by atoms with van der Waals surface area (Å²) in [5.74, 6) is 0.777. The van der Waals surface area contributed by atoms with Crippen LogP contribution in [0.5, 0.6) is 0 Å². The number of hydrogen-bond acceptors (Lipinski definition) is 4. The summed E-state index contributed by atoms with van der Waals surface area (Å²) in [6.45, 7) is 6.67. The Morgan fingerprint density at radius 2 is 2.15 bits per heavy atom. The molecule has 20 heavy (non-hydrogen) atoms. The molecule has 1 saturated carbocycles. The molecular weight excluding hydrogens is 270 g/mol. The van der Waals surface area contributed by atoms with Crippen molar-refractivity contribution in [3.05, 3.63) is 15.6 Å². The number of carbonyl (C=O) groups excluding carboxylic acids is 1. The van der Waals surface area contributed by atoms with E-state index in [0.717, 1.165) is 30.2 Å². The average Bonchev–Trinajstić information content (AvgIpc) is 3.07. The molecule has 110 valence electrons. The number of thiazole rings is 1. The van der Waals surface area contributed by atoms with Gasteiger partial charge in [0.15, 0.2) is 0 Å². The number of aryl methyl sites for hydroxylation is 1. The lowest BCUT2D eigenvalue weighted by Crippen LogP contribution is -2.52. The largest absolute Gasteiger partial charge is 0.333 e. The molecule has 1 aromatic rings. The molecule has 3 rings (SSSR count). The van der Waals surface area contributed by atoms with Gasteiger partial charge in [0.25, 0.3) is 5.91 Å². The summed E-state index contributed by atoms with van der Waals surface area (Å²) in [7, 11) is 0. The van der Waals surface area contributed by atoms with Crippen LogP contribution in [0.4, 0.5) is 0 Å². The number of nitrogens with one attached hydrogen (secondary N) is 1. The molecule has 0 radical (unpaired) electrons. The first-order chi connectivity index (χ1) is 9.66. The second-order valence-corrected chi connectivity index (χ2v) is 7.03. The summed E-state index contributed by atoms with van der Waals surface area (Å²) in [5.41, 5.74) is 0.924. The maximum Gasteiger partial charge on any atom is 0.266 e. The second-order valence-electron chi connectivity index (χ2n) is 6.00. The van der Waals surface area contributed by atoms with Crippen LogP contribution in [0.25, 0.3) is 0 Å². The van der Waals surface area contributed by atoms with E-state index in [1.807, 2.05) is 11.8 Å². The lowest BCUT2D eigenvalue weighted by molar-refractivity contribution is 0.0660. The van der Waals surface area contributed by atoms with Gasteiger partial charge in [-0.25, -0.2) is 4.98 Å². The molecule has 5 heteroatoms. The minimum absolute atomic E-state index is 0.179. The standard InChI is InChI=1S/C15H23N3OS/c1-10-9-16-7-8-18(10)15(19)13-11(2)17-14(20-13)12-5-3-4-6-12/h10,12,16H,3-9H2,1-2H3/t10-/m1/s1. The molecule has 1 atom stereocenters. The van der Waals surface area contributed by atoms with Crippen molar-refractivity contribution in [2.45, 2.75) is 51.5 Å². The quantitative estimate of drug-likeness (QED) is 0.911. The van der Waals surface area contributed by atoms with Gasteiger partial charge < -0.3 is 10.2 Å². The molecule has 2 heterocycles. The Kier molecular flexibility index (Phi) is 4.08. The van der Waals surface area contributed by atoms with Crippen molar-refractivity contribution in [2.75, 3.05) is 19.6 Å². The number of amides is 1. The van der Waals surface area contributed by atoms with Gasteiger partial charge in [-0.3, -0.25) is 4.79 Å². The first-order valence-corrected chi connectivity index (χ1v) is 8.47. The summed E-state index contributed by atoms with van der Waals surface area (Å²) in [5, 5.41) is 4.52. The molecule has 1 amide bonds. The van der Waals surface area contributed by atoms with Crippen molar-refractivity contribution < 1.29 is 4.79 Å². The van der Waals surface area contributed by atoms with Gasteiger partial charge in [-0.1, -0.05) is 12.8 Å². The van der Waals surface area contributed by atoms with E-state index in [2.05, 4.69) is 17.2 Å².